The molecule has 1 aliphatic rings. The fourth-order valence-corrected chi connectivity index (χ4v) is 2.91. The Morgan fingerprint density at radius 1 is 1.30 bits per heavy atom. The zero-order valence-corrected chi connectivity index (χ0v) is 14.1. The minimum Gasteiger partial charge on any atom is -0.490 e. The third-order valence-corrected chi connectivity index (χ3v) is 4.01. The average Bonchev–Trinajstić information content (AvgIpc) is 2.98. The smallest absolute Gasteiger partial charge is 0.196 e. The molecule has 2 rings (SSSR count). The van der Waals surface area contributed by atoms with Crippen LogP contribution >= 0.6 is 0 Å². The van der Waals surface area contributed by atoms with E-state index in [4.69, 9.17) is 15.2 Å². The van der Waals surface area contributed by atoms with Gasteiger partial charge < -0.3 is 25.2 Å². The lowest BCUT2D eigenvalue weighted by molar-refractivity contribution is 0.124. The van der Waals surface area contributed by atoms with E-state index >= 15 is 0 Å². The number of aliphatic hydroxyl groups is 1. The Morgan fingerprint density at radius 3 is 2.52 bits per heavy atom. The SMILES string of the molecule is COc1c(F)cc(C(O)C(N)CN2CCCC2)cc1OC(C)C. The zero-order chi connectivity index (χ0) is 17.0. The van der Waals surface area contributed by atoms with Crippen molar-refractivity contribution in [2.45, 2.75) is 44.9 Å². The van der Waals surface area contributed by atoms with E-state index in [1.165, 1.54) is 13.2 Å². The minimum atomic E-state index is -0.953. The molecule has 0 radical (unpaired) electrons. The second-order valence-corrected chi connectivity index (χ2v) is 6.32. The van der Waals surface area contributed by atoms with E-state index in [9.17, 15) is 9.50 Å². The number of methoxy groups -OCH3 is 1. The molecule has 1 aromatic rings. The summed E-state index contributed by atoms with van der Waals surface area (Å²) in [5.41, 5.74) is 6.52. The van der Waals surface area contributed by atoms with Crippen LogP contribution in [-0.4, -0.2) is 48.9 Å². The van der Waals surface area contributed by atoms with E-state index in [0.29, 0.717) is 12.1 Å². The first kappa shape index (κ1) is 18.0. The number of aliphatic hydroxyl groups excluding tert-OH is 1. The Kier molecular flexibility index (Phi) is 6.21. The minimum absolute atomic E-state index is 0.0442. The summed E-state index contributed by atoms with van der Waals surface area (Å²) in [6, 6.07) is 2.39. The number of hydrogen-bond donors (Lipinski definition) is 2. The summed E-state index contributed by atoms with van der Waals surface area (Å²) < 4.78 is 24.9. The average molecular weight is 326 g/mol. The molecule has 1 saturated heterocycles. The number of hydrogen-bond acceptors (Lipinski definition) is 5. The summed E-state index contributed by atoms with van der Waals surface area (Å²) in [6.45, 7) is 6.28. The predicted molar refractivity (Wildman–Crippen MR) is 87.3 cm³/mol. The van der Waals surface area contributed by atoms with Gasteiger partial charge in [0.15, 0.2) is 17.3 Å². The summed E-state index contributed by atoms with van der Waals surface area (Å²) in [4.78, 5) is 2.22. The Balaban J connectivity index is 2.18. The van der Waals surface area contributed by atoms with Crippen LogP contribution in [0.2, 0.25) is 0 Å². The lowest BCUT2D eigenvalue weighted by Gasteiger charge is -2.25. The molecule has 2 atom stereocenters. The fraction of sp³-hybridized carbons (Fsp3) is 0.647. The van der Waals surface area contributed by atoms with Crippen molar-refractivity contribution >= 4 is 0 Å². The van der Waals surface area contributed by atoms with Gasteiger partial charge in [0.25, 0.3) is 0 Å². The lowest BCUT2D eigenvalue weighted by Crippen LogP contribution is -2.40. The summed E-state index contributed by atoms with van der Waals surface area (Å²) in [6.07, 6.45) is 1.23. The molecular formula is C17H27FN2O3. The molecule has 130 valence electrons. The van der Waals surface area contributed by atoms with E-state index in [-0.39, 0.29) is 17.6 Å². The van der Waals surface area contributed by atoms with Crippen molar-refractivity contribution < 1.29 is 19.0 Å². The maximum atomic E-state index is 14.2. The molecule has 3 N–H and O–H groups in total. The molecule has 0 spiro atoms. The molecule has 0 saturated carbocycles. The number of ether oxygens (including phenoxy) is 2. The van der Waals surface area contributed by atoms with Gasteiger partial charge in [0.05, 0.1) is 19.3 Å². The first-order chi connectivity index (χ1) is 10.9. The van der Waals surface area contributed by atoms with Crippen LogP contribution in [0.4, 0.5) is 4.39 Å². The molecule has 0 aliphatic carbocycles. The molecule has 0 aromatic heterocycles. The van der Waals surface area contributed by atoms with Crippen molar-refractivity contribution in [2.24, 2.45) is 5.73 Å². The van der Waals surface area contributed by atoms with Gasteiger partial charge in [-0.2, -0.15) is 0 Å². The maximum Gasteiger partial charge on any atom is 0.196 e. The first-order valence-corrected chi connectivity index (χ1v) is 8.12. The van der Waals surface area contributed by atoms with Crippen LogP contribution in [0.1, 0.15) is 38.4 Å². The Bertz CT molecular complexity index is 519. The number of benzene rings is 1. The highest BCUT2D eigenvalue weighted by Gasteiger charge is 2.24. The van der Waals surface area contributed by atoms with Gasteiger partial charge in [0.1, 0.15) is 0 Å². The van der Waals surface area contributed by atoms with E-state index in [0.717, 1.165) is 25.9 Å². The molecule has 5 nitrogen and oxygen atoms in total. The third kappa shape index (κ3) is 4.56. The van der Waals surface area contributed by atoms with Gasteiger partial charge in [0, 0.05) is 12.6 Å². The fourth-order valence-electron chi connectivity index (χ4n) is 2.91. The van der Waals surface area contributed by atoms with Crippen molar-refractivity contribution in [2.75, 3.05) is 26.7 Å². The number of halogens is 1. The quantitative estimate of drug-likeness (QED) is 0.803. The summed E-state index contributed by atoms with van der Waals surface area (Å²) in [7, 11) is 1.39. The Hall–Kier alpha value is -1.37. The van der Waals surface area contributed by atoms with Crippen molar-refractivity contribution in [1.29, 1.82) is 0 Å². The number of rotatable bonds is 7. The van der Waals surface area contributed by atoms with Gasteiger partial charge in [-0.3, -0.25) is 0 Å². The van der Waals surface area contributed by atoms with E-state index in [1.807, 2.05) is 13.8 Å². The molecule has 2 unspecified atom stereocenters. The molecular weight excluding hydrogens is 299 g/mol. The highest BCUT2D eigenvalue weighted by atomic mass is 19.1. The normalized spacial score (nSPS) is 18.2. The van der Waals surface area contributed by atoms with Crippen LogP contribution in [0.15, 0.2) is 12.1 Å². The molecule has 6 heteroatoms. The Morgan fingerprint density at radius 2 is 1.96 bits per heavy atom. The highest BCUT2D eigenvalue weighted by molar-refractivity contribution is 5.45. The van der Waals surface area contributed by atoms with Gasteiger partial charge in [-0.1, -0.05) is 0 Å². The van der Waals surface area contributed by atoms with E-state index in [1.54, 1.807) is 6.07 Å². The van der Waals surface area contributed by atoms with Gasteiger partial charge >= 0.3 is 0 Å². The largest absolute Gasteiger partial charge is 0.490 e. The summed E-state index contributed by atoms with van der Waals surface area (Å²) in [5, 5.41) is 10.5. The lowest BCUT2D eigenvalue weighted by atomic mass is 10.0. The molecule has 1 heterocycles. The number of nitrogens with zero attached hydrogens (tertiary/aromatic N) is 1. The predicted octanol–water partition coefficient (Wildman–Crippen LogP) is 2.08. The van der Waals surface area contributed by atoms with Crippen LogP contribution in [0, 0.1) is 5.82 Å². The number of nitrogens with two attached hydrogens (primary N) is 1. The number of likely N-dealkylation sites (tertiary alicyclic amines) is 1. The van der Waals surface area contributed by atoms with E-state index in [2.05, 4.69) is 4.90 Å². The molecule has 23 heavy (non-hydrogen) atoms. The molecule has 0 amide bonds. The van der Waals surface area contributed by atoms with Crippen molar-refractivity contribution in [3.05, 3.63) is 23.5 Å². The van der Waals surface area contributed by atoms with Crippen molar-refractivity contribution in [3.8, 4) is 11.5 Å². The van der Waals surface area contributed by atoms with E-state index < -0.39 is 18.0 Å². The second kappa shape index (κ2) is 7.95. The zero-order valence-electron chi connectivity index (χ0n) is 14.1. The van der Waals surface area contributed by atoms with Crippen LogP contribution in [-0.2, 0) is 0 Å². The maximum absolute atomic E-state index is 14.2. The van der Waals surface area contributed by atoms with Gasteiger partial charge in [0.2, 0.25) is 0 Å². The summed E-state index contributed by atoms with van der Waals surface area (Å²) in [5.74, 6) is -0.235. The van der Waals surface area contributed by atoms with Crippen molar-refractivity contribution in [1.82, 2.24) is 4.90 Å². The van der Waals surface area contributed by atoms with Crippen LogP contribution in [0.5, 0.6) is 11.5 Å². The van der Waals surface area contributed by atoms with Crippen LogP contribution in [0.3, 0.4) is 0 Å². The molecule has 0 bridgehead atoms. The molecule has 1 aromatic carbocycles. The first-order valence-electron chi connectivity index (χ1n) is 8.12. The van der Waals surface area contributed by atoms with Gasteiger partial charge in [-0.05, 0) is 57.5 Å². The standard InChI is InChI=1S/C17H27FN2O3/c1-11(2)23-15-9-12(8-13(18)17(15)22-3)16(21)14(19)10-20-6-4-5-7-20/h8-9,11,14,16,21H,4-7,10,19H2,1-3H3. The monoisotopic (exact) mass is 326 g/mol. The summed E-state index contributed by atoms with van der Waals surface area (Å²) >= 11 is 0. The van der Waals surface area contributed by atoms with Crippen LogP contribution in [0.25, 0.3) is 0 Å². The highest BCUT2D eigenvalue weighted by Crippen LogP contribution is 2.35. The molecule has 1 aliphatic heterocycles. The topological polar surface area (TPSA) is 68.0 Å². The van der Waals surface area contributed by atoms with Crippen molar-refractivity contribution in [3.63, 3.8) is 0 Å². The molecule has 1 fully saturated rings. The van der Waals surface area contributed by atoms with Gasteiger partial charge in [-0.25, -0.2) is 4.39 Å². The van der Waals surface area contributed by atoms with Crippen LogP contribution < -0.4 is 15.2 Å². The third-order valence-electron chi connectivity index (χ3n) is 4.01. The van der Waals surface area contributed by atoms with Gasteiger partial charge in [-0.15, -0.1) is 0 Å². The Labute approximate surface area is 137 Å². The second-order valence-electron chi connectivity index (χ2n) is 6.32.